The highest BCUT2D eigenvalue weighted by molar-refractivity contribution is 5.94. The molecule has 0 saturated carbocycles. The number of carbonyl (C=O) groups is 1. The second-order valence-electron chi connectivity index (χ2n) is 6.48. The minimum atomic E-state index is -0.0510. The lowest BCUT2D eigenvalue weighted by Gasteiger charge is -2.22. The maximum Gasteiger partial charge on any atom is 0.251 e. The van der Waals surface area contributed by atoms with Crippen LogP contribution < -0.4 is 16.0 Å². The summed E-state index contributed by atoms with van der Waals surface area (Å²) in [5.74, 6) is 0.714. The summed E-state index contributed by atoms with van der Waals surface area (Å²) >= 11 is 0. The number of aliphatic imine (C=N–C) groups is 1. The number of ether oxygens (including phenoxy) is 1. The average molecular weight is 330 g/mol. The molecule has 3 rings (SSSR count). The Morgan fingerprint density at radius 1 is 1.29 bits per heavy atom. The number of hydrogen-bond donors (Lipinski definition) is 3. The number of nitrogens with one attached hydrogen (secondary N) is 3. The van der Waals surface area contributed by atoms with Gasteiger partial charge in [-0.1, -0.05) is 17.7 Å². The highest BCUT2D eigenvalue weighted by Crippen LogP contribution is 2.34. The molecule has 6 heteroatoms. The Bertz CT molecular complexity index is 617. The van der Waals surface area contributed by atoms with E-state index in [9.17, 15) is 4.79 Å². The summed E-state index contributed by atoms with van der Waals surface area (Å²) in [6.07, 6.45) is 4.09. The molecular formula is C18H26N4O2. The maximum absolute atomic E-state index is 12.1. The molecule has 2 aliphatic heterocycles. The van der Waals surface area contributed by atoms with Gasteiger partial charge in [-0.05, 0) is 38.3 Å². The van der Waals surface area contributed by atoms with Crippen LogP contribution >= 0.6 is 0 Å². The monoisotopic (exact) mass is 330 g/mol. The molecule has 2 fully saturated rings. The molecule has 2 heterocycles. The Kier molecular flexibility index (Phi) is 5.35. The first-order valence-corrected chi connectivity index (χ1v) is 8.63. The van der Waals surface area contributed by atoms with Crippen LogP contribution in [0.3, 0.4) is 0 Å². The van der Waals surface area contributed by atoms with E-state index >= 15 is 0 Å². The second-order valence-corrected chi connectivity index (χ2v) is 6.48. The first-order chi connectivity index (χ1) is 11.7. The van der Waals surface area contributed by atoms with E-state index in [0.29, 0.717) is 36.9 Å². The Hall–Kier alpha value is -2.08. The van der Waals surface area contributed by atoms with Gasteiger partial charge in [0.25, 0.3) is 5.91 Å². The Balaban J connectivity index is 1.38. The van der Waals surface area contributed by atoms with Crippen molar-refractivity contribution in [2.45, 2.75) is 44.4 Å². The molecule has 3 atom stereocenters. The number of benzene rings is 1. The molecule has 2 bridgehead atoms. The number of carbonyl (C=O) groups excluding carboxylic acids is 1. The van der Waals surface area contributed by atoms with Crippen LogP contribution in [0.5, 0.6) is 0 Å². The lowest BCUT2D eigenvalue weighted by atomic mass is 9.96. The van der Waals surface area contributed by atoms with E-state index in [4.69, 9.17) is 4.74 Å². The molecule has 3 unspecified atom stereocenters. The van der Waals surface area contributed by atoms with E-state index in [1.54, 1.807) is 7.05 Å². The molecule has 0 spiro atoms. The largest absolute Gasteiger partial charge is 0.373 e. The minimum absolute atomic E-state index is 0.0510. The molecule has 1 aromatic rings. The molecule has 2 saturated heterocycles. The predicted molar refractivity (Wildman–Crippen MR) is 94.3 cm³/mol. The van der Waals surface area contributed by atoms with Crippen LogP contribution in [0.2, 0.25) is 0 Å². The van der Waals surface area contributed by atoms with Gasteiger partial charge in [0.15, 0.2) is 5.96 Å². The molecule has 6 nitrogen and oxygen atoms in total. The van der Waals surface area contributed by atoms with Crippen molar-refractivity contribution in [2.24, 2.45) is 4.99 Å². The van der Waals surface area contributed by atoms with Gasteiger partial charge >= 0.3 is 0 Å². The van der Waals surface area contributed by atoms with Gasteiger partial charge < -0.3 is 20.7 Å². The van der Waals surface area contributed by atoms with Crippen molar-refractivity contribution in [3.63, 3.8) is 0 Å². The van der Waals surface area contributed by atoms with Crippen molar-refractivity contribution < 1.29 is 9.53 Å². The van der Waals surface area contributed by atoms with Gasteiger partial charge in [0, 0.05) is 25.7 Å². The van der Waals surface area contributed by atoms with E-state index in [2.05, 4.69) is 20.9 Å². The second kappa shape index (κ2) is 7.66. The molecular weight excluding hydrogens is 304 g/mol. The van der Waals surface area contributed by atoms with Gasteiger partial charge in [-0.2, -0.15) is 0 Å². The summed E-state index contributed by atoms with van der Waals surface area (Å²) in [4.78, 5) is 16.3. The summed E-state index contributed by atoms with van der Waals surface area (Å²) in [6.45, 7) is 3.15. The SMILES string of the molecule is CN=C(NCCNC(=O)c1cccc(C)c1)NC1CC2CCC1O2. The zero-order valence-electron chi connectivity index (χ0n) is 14.3. The van der Waals surface area contributed by atoms with Crippen LogP contribution in [0.25, 0.3) is 0 Å². The van der Waals surface area contributed by atoms with E-state index in [0.717, 1.165) is 24.4 Å². The summed E-state index contributed by atoms with van der Waals surface area (Å²) in [7, 11) is 1.76. The number of hydrogen-bond acceptors (Lipinski definition) is 3. The van der Waals surface area contributed by atoms with Crippen LogP contribution in [-0.4, -0.2) is 50.3 Å². The number of amides is 1. The van der Waals surface area contributed by atoms with Crippen molar-refractivity contribution in [3.8, 4) is 0 Å². The third-order valence-electron chi connectivity index (χ3n) is 4.63. The molecule has 2 aliphatic rings. The van der Waals surface area contributed by atoms with Gasteiger partial charge in [-0.15, -0.1) is 0 Å². The van der Waals surface area contributed by atoms with Gasteiger partial charge in [-0.25, -0.2) is 0 Å². The first-order valence-electron chi connectivity index (χ1n) is 8.63. The number of rotatable bonds is 5. The number of guanidine groups is 1. The zero-order chi connectivity index (χ0) is 16.9. The van der Waals surface area contributed by atoms with E-state index in [-0.39, 0.29) is 5.91 Å². The lowest BCUT2D eigenvalue weighted by molar-refractivity contribution is 0.0954. The topological polar surface area (TPSA) is 74.8 Å². The molecule has 24 heavy (non-hydrogen) atoms. The average Bonchev–Trinajstić information content (AvgIpc) is 3.20. The van der Waals surface area contributed by atoms with E-state index in [1.165, 1.54) is 6.42 Å². The van der Waals surface area contributed by atoms with Crippen molar-refractivity contribution in [2.75, 3.05) is 20.1 Å². The van der Waals surface area contributed by atoms with E-state index < -0.39 is 0 Å². The number of fused-ring (bicyclic) bond motifs is 2. The molecule has 1 amide bonds. The van der Waals surface area contributed by atoms with Gasteiger partial charge in [0.2, 0.25) is 0 Å². The van der Waals surface area contributed by atoms with E-state index in [1.807, 2.05) is 31.2 Å². The minimum Gasteiger partial charge on any atom is -0.373 e. The van der Waals surface area contributed by atoms with Crippen LogP contribution in [0.4, 0.5) is 0 Å². The predicted octanol–water partition coefficient (Wildman–Crippen LogP) is 1.21. The molecule has 1 aromatic carbocycles. The summed E-state index contributed by atoms with van der Waals surface area (Å²) in [6, 6.07) is 7.93. The normalized spacial score (nSPS) is 25.6. The highest BCUT2D eigenvalue weighted by atomic mass is 16.5. The number of aryl methyl sites for hydroxylation is 1. The summed E-state index contributed by atoms with van der Waals surface area (Å²) in [5, 5.41) is 9.59. The van der Waals surface area contributed by atoms with Gasteiger partial charge in [-0.3, -0.25) is 9.79 Å². The summed E-state index contributed by atoms with van der Waals surface area (Å²) in [5.41, 5.74) is 1.77. The van der Waals surface area contributed by atoms with Crippen LogP contribution in [0.1, 0.15) is 35.2 Å². The maximum atomic E-state index is 12.1. The smallest absolute Gasteiger partial charge is 0.251 e. The third kappa shape index (κ3) is 4.06. The van der Waals surface area contributed by atoms with Crippen molar-refractivity contribution in [1.29, 1.82) is 0 Å². The van der Waals surface area contributed by atoms with Gasteiger partial charge in [0.05, 0.1) is 18.2 Å². The Labute approximate surface area is 143 Å². The van der Waals surface area contributed by atoms with Crippen LogP contribution in [-0.2, 0) is 4.74 Å². The quantitative estimate of drug-likeness (QED) is 0.431. The van der Waals surface area contributed by atoms with Crippen molar-refractivity contribution >= 4 is 11.9 Å². The van der Waals surface area contributed by atoms with Crippen molar-refractivity contribution in [1.82, 2.24) is 16.0 Å². The van der Waals surface area contributed by atoms with Crippen molar-refractivity contribution in [3.05, 3.63) is 35.4 Å². The highest BCUT2D eigenvalue weighted by Gasteiger charge is 2.41. The van der Waals surface area contributed by atoms with Crippen LogP contribution in [0.15, 0.2) is 29.3 Å². The molecule has 130 valence electrons. The molecule has 3 N–H and O–H groups in total. The summed E-state index contributed by atoms with van der Waals surface area (Å²) < 4.78 is 5.84. The van der Waals surface area contributed by atoms with Crippen LogP contribution in [0, 0.1) is 6.92 Å². The fourth-order valence-electron chi connectivity index (χ4n) is 3.41. The lowest BCUT2D eigenvalue weighted by Crippen LogP contribution is -2.48. The molecule has 0 aromatic heterocycles. The third-order valence-corrected chi connectivity index (χ3v) is 4.63. The molecule has 0 radical (unpaired) electrons. The molecule has 0 aliphatic carbocycles. The fraction of sp³-hybridized carbons (Fsp3) is 0.556. The van der Waals surface area contributed by atoms with Gasteiger partial charge in [0.1, 0.15) is 0 Å². The number of nitrogens with zero attached hydrogens (tertiary/aromatic N) is 1. The fourth-order valence-corrected chi connectivity index (χ4v) is 3.41. The zero-order valence-corrected chi connectivity index (χ0v) is 14.3. The standard InChI is InChI=1S/C18H26N4O2/c1-12-4-3-5-13(10-12)17(23)20-8-9-21-18(19-2)22-15-11-14-6-7-16(15)24-14/h3-5,10,14-16H,6-9,11H2,1-2H3,(H,20,23)(H2,19,21,22). The first kappa shape index (κ1) is 16.8. The Morgan fingerprint density at radius 2 is 2.12 bits per heavy atom. The Morgan fingerprint density at radius 3 is 2.79 bits per heavy atom.